The van der Waals surface area contributed by atoms with Crippen LogP contribution in [0.3, 0.4) is 0 Å². The molecule has 0 saturated carbocycles. The first-order valence-electron chi connectivity index (χ1n) is 9.17. The zero-order valence-electron chi connectivity index (χ0n) is 16.0. The van der Waals surface area contributed by atoms with Crippen LogP contribution in [0.15, 0.2) is 82.7 Å². The van der Waals surface area contributed by atoms with Crippen molar-refractivity contribution in [1.29, 1.82) is 0 Å². The van der Waals surface area contributed by atoms with Crippen LogP contribution in [0.2, 0.25) is 0 Å². The van der Waals surface area contributed by atoms with Crippen molar-refractivity contribution in [2.45, 2.75) is 18.0 Å². The minimum atomic E-state index is -4.04. The first kappa shape index (κ1) is 19.9. The maximum atomic E-state index is 14.5. The molecule has 0 aromatic heterocycles. The van der Waals surface area contributed by atoms with E-state index in [9.17, 15) is 17.6 Å². The summed E-state index contributed by atoms with van der Waals surface area (Å²) in [5.41, 5.74) is 2.16. The number of rotatable bonds is 4. The number of nitrogens with zero attached hydrogens (tertiary/aromatic N) is 1. The Morgan fingerprint density at radius 1 is 0.933 bits per heavy atom. The second-order valence-corrected chi connectivity index (χ2v) is 8.54. The molecule has 0 spiro atoms. The van der Waals surface area contributed by atoms with E-state index in [-0.39, 0.29) is 16.2 Å². The predicted octanol–water partition coefficient (Wildman–Crippen LogP) is 3.23. The average Bonchev–Trinajstić information content (AvgIpc) is 2.85. The molecular weight excluding hydrogens is 405 g/mol. The largest absolute Gasteiger partial charge is 0.322 e. The summed E-state index contributed by atoms with van der Waals surface area (Å²) in [5, 5.41) is 2.67. The molecule has 30 heavy (non-hydrogen) atoms. The summed E-state index contributed by atoms with van der Waals surface area (Å²) in [7, 11) is -4.04. The highest BCUT2D eigenvalue weighted by molar-refractivity contribution is 7.89. The Balaban J connectivity index is 1.81. The molecule has 1 aliphatic heterocycles. The minimum Gasteiger partial charge on any atom is -0.322 e. The molecule has 2 N–H and O–H groups in total. The van der Waals surface area contributed by atoms with Crippen molar-refractivity contribution in [3.05, 3.63) is 95.3 Å². The number of aliphatic imine (C=N–C) groups is 1. The predicted molar refractivity (Wildman–Crippen MR) is 112 cm³/mol. The molecule has 152 valence electrons. The Morgan fingerprint density at radius 3 is 2.27 bits per heavy atom. The molecule has 8 heteroatoms. The number of benzodiazepines with no additional fused rings is 1. The van der Waals surface area contributed by atoms with Gasteiger partial charge < -0.3 is 5.32 Å². The van der Waals surface area contributed by atoms with Gasteiger partial charge in [0.05, 0.1) is 16.3 Å². The van der Waals surface area contributed by atoms with Crippen LogP contribution in [0, 0.1) is 12.7 Å². The molecule has 0 radical (unpaired) electrons. The van der Waals surface area contributed by atoms with E-state index in [0.717, 1.165) is 5.56 Å². The lowest BCUT2D eigenvalue weighted by Gasteiger charge is -2.14. The van der Waals surface area contributed by atoms with Crippen LogP contribution in [0.25, 0.3) is 0 Å². The van der Waals surface area contributed by atoms with Gasteiger partial charge in [-0.25, -0.2) is 12.8 Å². The molecule has 1 aliphatic rings. The summed E-state index contributed by atoms with van der Waals surface area (Å²) < 4.78 is 42.5. The molecular formula is C22H18FN3O3S. The molecule has 0 fully saturated rings. The Morgan fingerprint density at radius 2 is 1.57 bits per heavy atom. The zero-order valence-corrected chi connectivity index (χ0v) is 16.8. The van der Waals surface area contributed by atoms with Gasteiger partial charge in [-0.05, 0) is 37.3 Å². The molecule has 1 heterocycles. The molecule has 1 atom stereocenters. The average molecular weight is 423 g/mol. The molecule has 3 aromatic rings. The number of para-hydroxylation sites is 1. The van der Waals surface area contributed by atoms with Gasteiger partial charge in [-0.1, -0.05) is 48.0 Å². The third-order valence-electron chi connectivity index (χ3n) is 4.67. The van der Waals surface area contributed by atoms with Crippen molar-refractivity contribution >= 4 is 27.3 Å². The first-order chi connectivity index (χ1) is 14.3. The van der Waals surface area contributed by atoms with E-state index in [1.54, 1.807) is 48.5 Å². The summed E-state index contributed by atoms with van der Waals surface area (Å²) in [5.74, 6) is -1.19. The van der Waals surface area contributed by atoms with Crippen molar-refractivity contribution in [2.75, 3.05) is 5.32 Å². The standard InChI is InChI=1S/C22H18FN3O3S/c1-14-10-12-15(13-11-14)30(28,29)26-21-22(27)24-19-9-5-3-7-17(19)20(25-21)16-6-2-4-8-18(16)23/h2-13,21,26H,1H3,(H,24,27)/t21-/m0/s1. The van der Waals surface area contributed by atoms with Gasteiger partial charge in [0.25, 0.3) is 5.91 Å². The number of aryl methyl sites for hydroxylation is 1. The Bertz CT molecular complexity index is 1250. The third kappa shape index (κ3) is 3.87. The number of sulfonamides is 1. The highest BCUT2D eigenvalue weighted by Crippen LogP contribution is 2.25. The minimum absolute atomic E-state index is 0.00491. The van der Waals surface area contributed by atoms with Gasteiger partial charge in [0.1, 0.15) is 5.82 Å². The second kappa shape index (κ2) is 7.81. The first-order valence-corrected chi connectivity index (χ1v) is 10.7. The van der Waals surface area contributed by atoms with Crippen molar-refractivity contribution < 1.29 is 17.6 Å². The van der Waals surface area contributed by atoms with Crippen LogP contribution >= 0.6 is 0 Å². The van der Waals surface area contributed by atoms with E-state index in [1.807, 2.05) is 6.92 Å². The van der Waals surface area contributed by atoms with Gasteiger partial charge in [-0.15, -0.1) is 0 Å². The van der Waals surface area contributed by atoms with Crippen LogP contribution in [0.4, 0.5) is 10.1 Å². The smallest absolute Gasteiger partial charge is 0.264 e. The SMILES string of the molecule is Cc1ccc(S(=O)(=O)N[C@@H]2N=C(c3ccccc3F)c3ccccc3NC2=O)cc1. The Kier molecular flexibility index (Phi) is 5.19. The highest BCUT2D eigenvalue weighted by atomic mass is 32.2. The number of fused-ring (bicyclic) bond motifs is 1. The Hall–Kier alpha value is -3.36. The molecule has 0 aliphatic carbocycles. The summed E-state index contributed by atoms with van der Waals surface area (Å²) in [6.45, 7) is 1.84. The number of anilines is 1. The van der Waals surface area contributed by atoms with E-state index in [1.165, 1.54) is 24.3 Å². The Labute approximate surface area is 173 Å². The van der Waals surface area contributed by atoms with Gasteiger partial charge in [-0.3, -0.25) is 9.79 Å². The van der Waals surface area contributed by atoms with Crippen molar-refractivity contribution in [3.63, 3.8) is 0 Å². The second-order valence-electron chi connectivity index (χ2n) is 6.83. The number of halogens is 1. The number of amides is 1. The molecule has 6 nitrogen and oxygen atoms in total. The normalized spacial score (nSPS) is 16.3. The lowest BCUT2D eigenvalue weighted by Crippen LogP contribution is -2.42. The van der Waals surface area contributed by atoms with E-state index in [0.29, 0.717) is 11.3 Å². The topological polar surface area (TPSA) is 87.6 Å². The molecule has 4 rings (SSSR count). The molecule has 0 unspecified atom stereocenters. The number of carbonyl (C=O) groups excluding carboxylic acids is 1. The van der Waals surface area contributed by atoms with Gasteiger partial charge in [0.15, 0.2) is 6.17 Å². The van der Waals surface area contributed by atoms with Gasteiger partial charge >= 0.3 is 0 Å². The number of hydrogen-bond acceptors (Lipinski definition) is 4. The van der Waals surface area contributed by atoms with Gasteiger partial charge in [-0.2, -0.15) is 4.72 Å². The van der Waals surface area contributed by atoms with Crippen LogP contribution in [-0.2, 0) is 14.8 Å². The van der Waals surface area contributed by atoms with Crippen molar-refractivity contribution in [2.24, 2.45) is 4.99 Å². The van der Waals surface area contributed by atoms with E-state index in [2.05, 4.69) is 15.0 Å². The molecule has 3 aromatic carbocycles. The fourth-order valence-electron chi connectivity index (χ4n) is 3.14. The van der Waals surface area contributed by atoms with Crippen LogP contribution in [-0.4, -0.2) is 26.2 Å². The number of benzene rings is 3. The van der Waals surface area contributed by atoms with Crippen molar-refractivity contribution in [1.82, 2.24) is 4.72 Å². The number of carbonyl (C=O) groups is 1. The number of nitrogens with one attached hydrogen (secondary N) is 2. The fraction of sp³-hybridized carbons (Fsp3) is 0.0909. The summed E-state index contributed by atoms with van der Waals surface area (Å²) in [6.07, 6.45) is -1.47. The quantitative estimate of drug-likeness (QED) is 0.675. The monoisotopic (exact) mass is 423 g/mol. The maximum absolute atomic E-state index is 14.5. The van der Waals surface area contributed by atoms with Gasteiger partial charge in [0, 0.05) is 11.1 Å². The third-order valence-corrected chi connectivity index (χ3v) is 6.10. The summed E-state index contributed by atoms with van der Waals surface area (Å²) in [6, 6.07) is 19.0. The van der Waals surface area contributed by atoms with Crippen LogP contribution in [0.5, 0.6) is 0 Å². The van der Waals surface area contributed by atoms with Crippen LogP contribution in [0.1, 0.15) is 16.7 Å². The van der Waals surface area contributed by atoms with E-state index < -0.39 is 27.9 Å². The number of hydrogen-bond donors (Lipinski definition) is 2. The fourth-order valence-corrected chi connectivity index (χ4v) is 4.22. The van der Waals surface area contributed by atoms with Crippen LogP contribution < -0.4 is 10.0 Å². The lowest BCUT2D eigenvalue weighted by atomic mass is 10.0. The summed E-state index contributed by atoms with van der Waals surface area (Å²) in [4.78, 5) is 17.1. The molecule has 0 saturated heterocycles. The summed E-state index contributed by atoms with van der Waals surface area (Å²) >= 11 is 0. The zero-order chi connectivity index (χ0) is 21.3. The highest BCUT2D eigenvalue weighted by Gasteiger charge is 2.30. The van der Waals surface area contributed by atoms with E-state index in [4.69, 9.17) is 0 Å². The lowest BCUT2D eigenvalue weighted by molar-refractivity contribution is -0.117. The van der Waals surface area contributed by atoms with E-state index >= 15 is 0 Å². The van der Waals surface area contributed by atoms with Gasteiger partial charge in [0.2, 0.25) is 10.0 Å². The molecule has 1 amide bonds. The molecule has 0 bridgehead atoms. The van der Waals surface area contributed by atoms with Crippen molar-refractivity contribution in [3.8, 4) is 0 Å². The maximum Gasteiger partial charge on any atom is 0.264 e.